The van der Waals surface area contributed by atoms with E-state index in [0.717, 1.165) is 11.8 Å². The molecule has 8 atom stereocenters. The normalized spacial score (nSPS) is 20.1. The minimum absolute atomic E-state index is 0.00933. The SMILES string of the molecule is C[C@H](N=C(NC(=O)OCc1ccc([N+](=O)[O-])cc1)NC(=O)OCc1ccc([N+](=O)[O-])cc1)C(=O)N[C@H]1CCN(C(=O)[C@@H]2C[C@H](SC3=C(C(=O)OCc4ccc([N+](=O)[O-])cc4)N4C(=O)[C@H]([C@@H](C)O)[C@H]4[C@H]3C)CN2C(=O)OCc2ccc([N+](=O)[O-])cc2)C1. The van der Waals surface area contributed by atoms with Gasteiger partial charge in [0.2, 0.25) is 23.7 Å². The number of likely N-dealkylation sites (tertiary alicyclic amines) is 2. The summed E-state index contributed by atoms with van der Waals surface area (Å²) < 4.78 is 21.8. The highest BCUT2D eigenvalue weighted by molar-refractivity contribution is 8.03. The lowest BCUT2D eigenvalue weighted by Crippen LogP contribution is -2.63. The van der Waals surface area contributed by atoms with E-state index in [4.69, 9.17) is 18.9 Å². The van der Waals surface area contributed by atoms with Crippen LogP contribution in [0, 0.1) is 52.3 Å². The maximum atomic E-state index is 14.7. The van der Waals surface area contributed by atoms with Gasteiger partial charge in [-0.25, -0.2) is 24.2 Å². The van der Waals surface area contributed by atoms with Crippen molar-refractivity contribution in [2.45, 2.75) is 95.6 Å². The number of carbonyl (C=O) groups is 7. The number of alkyl carbamates (subject to hydrolysis) is 2. The average Bonchev–Trinajstić information content (AvgIpc) is 1.55. The molecule has 8 rings (SSSR count). The van der Waals surface area contributed by atoms with Gasteiger partial charge in [-0.1, -0.05) is 6.92 Å². The van der Waals surface area contributed by atoms with Gasteiger partial charge in [-0.15, -0.1) is 11.8 Å². The third kappa shape index (κ3) is 14.8. The number of non-ortho nitro benzene ring substituents is 4. The number of aliphatic hydroxyl groups excluding tert-OH is 1. The molecule has 86 heavy (non-hydrogen) atoms. The Hall–Kier alpha value is -10.1. The predicted molar refractivity (Wildman–Crippen MR) is 298 cm³/mol. The summed E-state index contributed by atoms with van der Waals surface area (Å²) in [5, 5.41) is 61.9. The molecule has 3 fully saturated rings. The van der Waals surface area contributed by atoms with Crippen molar-refractivity contribution in [3.05, 3.63) is 170 Å². The molecule has 3 saturated heterocycles. The van der Waals surface area contributed by atoms with Gasteiger partial charge in [-0.05, 0) is 97.5 Å². The van der Waals surface area contributed by atoms with Crippen LogP contribution in [-0.2, 0) is 64.6 Å². The molecule has 452 valence electrons. The molecule has 0 spiro atoms. The van der Waals surface area contributed by atoms with E-state index in [2.05, 4.69) is 20.9 Å². The third-order valence-corrected chi connectivity index (χ3v) is 15.9. The number of carbonyl (C=O) groups excluding carboxylic acids is 7. The summed E-state index contributed by atoms with van der Waals surface area (Å²) >= 11 is 1.15. The number of β-lactam (4-membered cyclic amide) rings is 1. The van der Waals surface area contributed by atoms with Crippen LogP contribution in [0.4, 0.5) is 37.1 Å². The Bertz CT molecular complexity index is 3310. The first-order chi connectivity index (χ1) is 40.9. The standard InChI is InChI=1S/C54H55N11O20S/c1-29-44-43(31(3)66)49(69)61(44)45(50(70)82-25-32-4-12-37(13-5-32)62(74)75)46(29)86-41-22-42(60(24-41)54(73)85-28-35-10-18-40(19-11-35)65(80)81)48(68)59-21-20-36(23-59)56-47(67)30(2)55-51(57-52(71)83-26-33-6-14-38(15-7-33)63(76)77)58-53(72)84-27-34-8-16-39(17-9-34)64(78)79/h4-19,29-31,36,41-44,66H,20-28H2,1-3H3,(H,56,67)(H2,55,57,58,71,72)/t29-,30+,31-,36+,41+,42+,43-,44-/m1/s1. The molecule has 0 bridgehead atoms. The number of nitro benzene ring substituents is 4. The molecular weight excluding hydrogens is 1150 g/mol. The Morgan fingerprint density at radius 1 is 0.674 bits per heavy atom. The topological polar surface area (TPSA) is 407 Å². The van der Waals surface area contributed by atoms with Crippen LogP contribution in [0.25, 0.3) is 0 Å². The molecule has 31 nitrogen and oxygen atoms in total. The number of nitrogens with one attached hydrogen (secondary N) is 3. The van der Waals surface area contributed by atoms with E-state index in [9.17, 15) is 79.1 Å². The average molecular weight is 1210 g/mol. The van der Waals surface area contributed by atoms with Gasteiger partial charge in [0.05, 0.1) is 37.8 Å². The van der Waals surface area contributed by atoms with Crippen molar-refractivity contribution in [1.29, 1.82) is 0 Å². The Balaban J connectivity index is 0.962. The minimum atomic E-state index is -1.36. The van der Waals surface area contributed by atoms with E-state index < -0.39 is 115 Å². The fraction of sp³-hybridized carbons (Fsp3) is 0.370. The molecule has 4 aromatic carbocycles. The summed E-state index contributed by atoms with van der Waals surface area (Å²) in [5.74, 6) is -4.71. The van der Waals surface area contributed by atoms with Gasteiger partial charge in [-0.2, -0.15) is 0 Å². The third-order valence-electron chi connectivity index (χ3n) is 14.4. The lowest BCUT2D eigenvalue weighted by Gasteiger charge is -2.46. The molecule has 0 aliphatic carbocycles. The van der Waals surface area contributed by atoms with E-state index in [1.54, 1.807) is 6.92 Å². The highest BCUT2D eigenvalue weighted by atomic mass is 32.2. The van der Waals surface area contributed by atoms with Crippen LogP contribution in [0.2, 0.25) is 0 Å². The van der Waals surface area contributed by atoms with Crippen molar-refractivity contribution in [2.75, 3.05) is 19.6 Å². The van der Waals surface area contributed by atoms with Gasteiger partial charge in [-0.3, -0.25) is 70.4 Å². The molecule has 4 aliphatic heterocycles. The predicted octanol–water partition coefficient (Wildman–Crippen LogP) is 5.26. The number of esters is 1. The zero-order valence-corrected chi connectivity index (χ0v) is 46.7. The first-order valence-corrected chi connectivity index (χ1v) is 27.3. The number of hydrogen-bond acceptors (Lipinski definition) is 22. The van der Waals surface area contributed by atoms with Crippen LogP contribution < -0.4 is 16.0 Å². The molecular formula is C54H55N11O20S. The summed E-state index contributed by atoms with van der Waals surface area (Å²) in [7, 11) is 0. The molecule has 0 unspecified atom stereocenters. The van der Waals surface area contributed by atoms with Crippen molar-refractivity contribution >= 4 is 82.4 Å². The zero-order chi connectivity index (χ0) is 62.1. The number of thioether (sulfide) groups is 1. The van der Waals surface area contributed by atoms with Crippen LogP contribution in [0.5, 0.6) is 0 Å². The maximum Gasteiger partial charge on any atom is 0.414 e. The van der Waals surface area contributed by atoms with Crippen molar-refractivity contribution in [2.24, 2.45) is 16.8 Å². The second-order valence-corrected chi connectivity index (χ2v) is 21.6. The monoisotopic (exact) mass is 1210 g/mol. The van der Waals surface area contributed by atoms with Crippen LogP contribution in [0.3, 0.4) is 0 Å². The van der Waals surface area contributed by atoms with Gasteiger partial charge in [0, 0.05) is 90.3 Å². The molecule has 4 aromatic rings. The van der Waals surface area contributed by atoms with E-state index in [1.165, 1.54) is 126 Å². The molecule has 6 amide bonds. The molecule has 4 N–H and O–H groups in total. The number of guanidine groups is 1. The molecule has 4 aliphatic rings. The number of fused-ring (bicyclic) bond motifs is 1. The van der Waals surface area contributed by atoms with Crippen LogP contribution in [-0.4, -0.2) is 143 Å². The fourth-order valence-corrected chi connectivity index (χ4v) is 11.5. The summed E-state index contributed by atoms with van der Waals surface area (Å²) in [5.41, 5.74) is 0.645. The van der Waals surface area contributed by atoms with Crippen molar-refractivity contribution in [3.8, 4) is 0 Å². The highest BCUT2D eigenvalue weighted by Crippen LogP contribution is 2.52. The molecule has 0 saturated carbocycles. The quantitative estimate of drug-likeness (QED) is 0.0167. The van der Waals surface area contributed by atoms with E-state index >= 15 is 0 Å². The number of aliphatic imine (C=N–C) groups is 1. The van der Waals surface area contributed by atoms with Crippen LogP contribution >= 0.6 is 11.8 Å². The molecule has 0 aromatic heterocycles. The number of nitro groups is 4. The lowest BCUT2D eigenvalue weighted by molar-refractivity contribution is -0.385. The number of benzene rings is 4. The first kappa shape index (κ1) is 61.9. The van der Waals surface area contributed by atoms with Crippen molar-refractivity contribution < 1.29 is 77.3 Å². The lowest BCUT2D eigenvalue weighted by atomic mass is 9.79. The summed E-state index contributed by atoms with van der Waals surface area (Å²) in [6, 6.07) is 16.9. The second-order valence-electron chi connectivity index (χ2n) is 20.3. The number of ether oxygens (including phenoxy) is 4. The molecule has 0 radical (unpaired) electrons. The fourth-order valence-electron chi connectivity index (χ4n) is 9.99. The van der Waals surface area contributed by atoms with Crippen LogP contribution in [0.15, 0.2) is 113 Å². The summed E-state index contributed by atoms with van der Waals surface area (Å²) in [4.78, 5) is 147. The zero-order valence-electron chi connectivity index (χ0n) is 45.9. The number of amides is 6. The largest absolute Gasteiger partial charge is 0.456 e. The smallest absolute Gasteiger partial charge is 0.414 e. The van der Waals surface area contributed by atoms with Gasteiger partial charge in [0.1, 0.15) is 44.2 Å². The Kier molecular flexibility index (Phi) is 19.5. The molecule has 32 heteroatoms. The first-order valence-electron chi connectivity index (χ1n) is 26.5. The highest BCUT2D eigenvalue weighted by Gasteiger charge is 2.61. The van der Waals surface area contributed by atoms with Crippen LogP contribution in [0.1, 0.15) is 55.9 Å². The van der Waals surface area contributed by atoms with E-state index in [-0.39, 0.29) is 87.4 Å². The second kappa shape index (κ2) is 27.1. The molecule has 4 heterocycles. The van der Waals surface area contributed by atoms with E-state index in [0.29, 0.717) is 27.2 Å². The Morgan fingerprint density at radius 3 is 1.56 bits per heavy atom. The number of nitrogens with zero attached hydrogens (tertiary/aromatic N) is 8. The number of hydrogen-bond donors (Lipinski definition) is 4. The van der Waals surface area contributed by atoms with Gasteiger partial charge < -0.3 is 39.2 Å². The minimum Gasteiger partial charge on any atom is -0.456 e. The summed E-state index contributed by atoms with van der Waals surface area (Å²) in [6.07, 6.45) is -4.16. The summed E-state index contributed by atoms with van der Waals surface area (Å²) in [6.45, 7) is 3.03. The van der Waals surface area contributed by atoms with Gasteiger partial charge >= 0.3 is 24.2 Å². The number of rotatable bonds is 20. The maximum absolute atomic E-state index is 14.7. The van der Waals surface area contributed by atoms with Crippen molar-refractivity contribution in [1.82, 2.24) is 30.7 Å². The van der Waals surface area contributed by atoms with Gasteiger partial charge in [0.25, 0.3) is 22.7 Å². The van der Waals surface area contributed by atoms with Crippen molar-refractivity contribution in [3.63, 3.8) is 0 Å². The van der Waals surface area contributed by atoms with Gasteiger partial charge in [0.15, 0.2) is 0 Å². The Labute approximate surface area is 491 Å². The number of aliphatic hydroxyl groups is 1. The van der Waals surface area contributed by atoms with E-state index in [1.807, 2.05) is 0 Å². The Morgan fingerprint density at radius 2 is 1.12 bits per heavy atom.